The van der Waals surface area contributed by atoms with Gasteiger partial charge in [-0.1, -0.05) is 133 Å². The first-order valence-electron chi connectivity index (χ1n) is 15.9. The van der Waals surface area contributed by atoms with Crippen LogP contribution in [0.4, 0.5) is 17.1 Å². The van der Waals surface area contributed by atoms with Gasteiger partial charge in [0, 0.05) is 39.5 Å². The van der Waals surface area contributed by atoms with E-state index < -0.39 is 0 Å². The number of rotatable bonds is 5. The van der Waals surface area contributed by atoms with Crippen LogP contribution in [0.25, 0.3) is 38.2 Å². The van der Waals surface area contributed by atoms with Crippen LogP contribution in [0.2, 0.25) is 0 Å². The van der Waals surface area contributed by atoms with Crippen LogP contribution in [0.5, 0.6) is 5.75 Å². The minimum atomic E-state index is -0.0778. The van der Waals surface area contributed by atoms with Gasteiger partial charge in [-0.2, -0.15) is 0 Å². The molecule has 46 heavy (non-hydrogen) atoms. The SMILES string of the molecule is C1=CC2c3cc(-c4ccccc4)c4ccccc4c3OC2C(c2ccc(N(c3ccccc3)c3ccc4ccccc4c3)cc2)=C1. The van der Waals surface area contributed by atoms with Crippen LogP contribution in [0.1, 0.15) is 17.0 Å². The molecule has 0 saturated carbocycles. The van der Waals surface area contributed by atoms with E-state index in [0.717, 1.165) is 22.8 Å². The van der Waals surface area contributed by atoms with Crippen LogP contribution in [-0.2, 0) is 0 Å². The number of hydrogen-bond donors (Lipinski definition) is 0. The van der Waals surface area contributed by atoms with Crippen LogP contribution in [0.3, 0.4) is 0 Å². The van der Waals surface area contributed by atoms with E-state index in [1.807, 2.05) is 0 Å². The molecule has 0 N–H and O–H groups in total. The van der Waals surface area contributed by atoms with Gasteiger partial charge in [-0.15, -0.1) is 0 Å². The Morgan fingerprint density at radius 2 is 1.15 bits per heavy atom. The molecule has 1 aliphatic heterocycles. The quantitative estimate of drug-likeness (QED) is 0.198. The van der Waals surface area contributed by atoms with Gasteiger partial charge in [0.1, 0.15) is 11.9 Å². The number of benzene rings is 7. The summed E-state index contributed by atoms with van der Waals surface area (Å²) in [6.07, 6.45) is 6.65. The monoisotopic (exact) mass is 589 g/mol. The molecule has 2 nitrogen and oxygen atoms in total. The van der Waals surface area contributed by atoms with Crippen molar-refractivity contribution in [1.29, 1.82) is 0 Å². The molecule has 2 unspecified atom stereocenters. The normalized spacial score (nSPS) is 16.5. The average Bonchev–Trinajstić information content (AvgIpc) is 3.52. The largest absolute Gasteiger partial charge is 0.484 e. The first kappa shape index (κ1) is 26.5. The molecule has 0 radical (unpaired) electrons. The molecule has 0 spiro atoms. The molecule has 7 aromatic carbocycles. The van der Waals surface area contributed by atoms with Crippen LogP contribution in [0, 0.1) is 0 Å². The Kier molecular flexibility index (Phi) is 6.31. The summed E-state index contributed by atoms with van der Waals surface area (Å²) >= 11 is 0. The summed E-state index contributed by atoms with van der Waals surface area (Å²) in [6.45, 7) is 0. The summed E-state index contributed by atoms with van der Waals surface area (Å²) in [6, 6.07) is 56.4. The third-order valence-electron chi connectivity index (χ3n) is 9.40. The predicted octanol–water partition coefficient (Wildman–Crippen LogP) is 11.6. The number of anilines is 3. The lowest BCUT2D eigenvalue weighted by Crippen LogP contribution is -2.21. The van der Waals surface area contributed by atoms with Crippen molar-refractivity contribution >= 4 is 44.2 Å². The standard InChI is InChI=1S/C44H31NO/c1-3-13-31(14-4-1)41-29-42-40-21-11-20-37(43(40)46-44(42)39-19-10-9-18-38(39)41)32-23-25-35(26-24-32)45(34-16-5-2-6-17-34)36-27-22-30-12-7-8-15-33(30)28-36/h1-29,40,43H. The highest BCUT2D eigenvalue weighted by molar-refractivity contribution is 6.02. The lowest BCUT2D eigenvalue weighted by molar-refractivity contribution is 0.281. The van der Waals surface area contributed by atoms with Crippen molar-refractivity contribution in [2.75, 3.05) is 4.90 Å². The molecule has 218 valence electrons. The van der Waals surface area contributed by atoms with Crippen molar-refractivity contribution in [3.8, 4) is 16.9 Å². The third kappa shape index (κ3) is 4.42. The Morgan fingerprint density at radius 3 is 1.96 bits per heavy atom. The second kappa shape index (κ2) is 10.9. The molecule has 2 heteroatoms. The summed E-state index contributed by atoms with van der Waals surface area (Å²) in [5, 5.41) is 4.86. The van der Waals surface area contributed by atoms with Crippen LogP contribution >= 0.6 is 0 Å². The number of allylic oxidation sites excluding steroid dienone is 2. The average molecular weight is 590 g/mol. The van der Waals surface area contributed by atoms with E-state index in [1.54, 1.807) is 0 Å². The van der Waals surface area contributed by atoms with Crippen LogP contribution < -0.4 is 9.64 Å². The van der Waals surface area contributed by atoms with E-state index >= 15 is 0 Å². The highest BCUT2D eigenvalue weighted by Crippen LogP contribution is 2.51. The molecule has 0 amide bonds. The Bertz CT molecular complexity index is 2280. The van der Waals surface area contributed by atoms with Gasteiger partial charge >= 0.3 is 0 Å². The molecule has 1 heterocycles. The van der Waals surface area contributed by atoms with Crippen molar-refractivity contribution < 1.29 is 4.74 Å². The number of para-hydroxylation sites is 1. The smallest absolute Gasteiger partial charge is 0.135 e. The fourth-order valence-corrected chi connectivity index (χ4v) is 7.21. The zero-order chi connectivity index (χ0) is 30.5. The van der Waals surface area contributed by atoms with Gasteiger partial charge in [0.15, 0.2) is 0 Å². The summed E-state index contributed by atoms with van der Waals surface area (Å²) in [4.78, 5) is 2.33. The van der Waals surface area contributed by atoms with E-state index in [2.05, 4.69) is 181 Å². The van der Waals surface area contributed by atoms with E-state index in [-0.39, 0.29) is 12.0 Å². The number of fused-ring (bicyclic) bond motifs is 6. The van der Waals surface area contributed by atoms with E-state index in [9.17, 15) is 0 Å². The van der Waals surface area contributed by atoms with Gasteiger partial charge < -0.3 is 9.64 Å². The van der Waals surface area contributed by atoms with Crippen molar-refractivity contribution in [3.63, 3.8) is 0 Å². The molecular formula is C44H31NO. The molecular weight excluding hydrogens is 558 g/mol. The van der Waals surface area contributed by atoms with Gasteiger partial charge in [-0.05, 0) is 75.3 Å². The maximum atomic E-state index is 6.91. The lowest BCUT2D eigenvalue weighted by atomic mass is 9.82. The Labute approximate surface area is 269 Å². The fourth-order valence-electron chi connectivity index (χ4n) is 7.21. The summed E-state index contributed by atoms with van der Waals surface area (Å²) < 4.78 is 6.91. The zero-order valence-corrected chi connectivity index (χ0v) is 25.3. The maximum Gasteiger partial charge on any atom is 0.135 e. The first-order chi connectivity index (χ1) is 22.8. The highest BCUT2D eigenvalue weighted by atomic mass is 16.5. The highest BCUT2D eigenvalue weighted by Gasteiger charge is 2.38. The topological polar surface area (TPSA) is 12.5 Å². The molecule has 0 aromatic heterocycles. The second-order valence-corrected chi connectivity index (χ2v) is 12.1. The van der Waals surface area contributed by atoms with E-state index in [4.69, 9.17) is 4.74 Å². The first-order valence-corrected chi connectivity index (χ1v) is 15.9. The molecule has 2 aliphatic rings. The molecule has 7 aromatic rings. The second-order valence-electron chi connectivity index (χ2n) is 12.1. The fraction of sp³-hybridized carbons (Fsp3) is 0.0455. The van der Waals surface area contributed by atoms with Crippen molar-refractivity contribution in [3.05, 3.63) is 187 Å². The van der Waals surface area contributed by atoms with Crippen LogP contribution in [0.15, 0.2) is 176 Å². The molecule has 0 fully saturated rings. The molecule has 0 bridgehead atoms. The van der Waals surface area contributed by atoms with E-state index in [1.165, 1.54) is 49.4 Å². The molecule has 2 atom stereocenters. The van der Waals surface area contributed by atoms with Crippen molar-refractivity contribution in [2.45, 2.75) is 12.0 Å². The minimum absolute atomic E-state index is 0.0778. The number of ether oxygens (including phenoxy) is 1. The Balaban J connectivity index is 1.09. The summed E-state index contributed by atoms with van der Waals surface area (Å²) in [5.41, 5.74) is 9.49. The molecule has 9 rings (SSSR count). The maximum absolute atomic E-state index is 6.91. The predicted molar refractivity (Wildman–Crippen MR) is 192 cm³/mol. The molecule has 1 aliphatic carbocycles. The van der Waals surface area contributed by atoms with Gasteiger partial charge in [0.2, 0.25) is 0 Å². The summed E-state index contributed by atoms with van der Waals surface area (Å²) in [7, 11) is 0. The van der Waals surface area contributed by atoms with E-state index in [0.29, 0.717) is 0 Å². The van der Waals surface area contributed by atoms with Crippen molar-refractivity contribution in [1.82, 2.24) is 0 Å². The van der Waals surface area contributed by atoms with Gasteiger partial charge in [-0.3, -0.25) is 0 Å². The Hall–Kier alpha value is -5.86. The van der Waals surface area contributed by atoms with Gasteiger partial charge in [0.05, 0.1) is 0 Å². The lowest BCUT2D eigenvalue weighted by Gasteiger charge is -2.27. The van der Waals surface area contributed by atoms with Crippen LogP contribution in [-0.4, -0.2) is 6.10 Å². The third-order valence-corrected chi connectivity index (χ3v) is 9.40. The molecule has 0 saturated heterocycles. The number of nitrogens with zero attached hydrogens (tertiary/aromatic N) is 1. The Morgan fingerprint density at radius 1 is 0.500 bits per heavy atom. The van der Waals surface area contributed by atoms with Gasteiger partial charge in [0.25, 0.3) is 0 Å². The minimum Gasteiger partial charge on any atom is -0.484 e. The van der Waals surface area contributed by atoms with Crippen molar-refractivity contribution in [2.24, 2.45) is 0 Å². The summed E-state index contributed by atoms with van der Waals surface area (Å²) in [5.74, 6) is 1.16. The van der Waals surface area contributed by atoms with Gasteiger partial charge in [-0.25, -0.2) is 0 Å². The zero-order valence-electron chi connectivity index (χ0n) is 25.3. The number of hydrogen-bond acceptors (Lipinski definition) is 2.